The number of aliphatic carboxylic acids is 1. The van der Waals surface area contributed by atoms with Crippen LogP contribution in [-0.2, 0) is 4.79 Å². The Kier molecular flexibility index (Phi) is 17.9. The number of alkyl halides is 2. The summed E-state index contributed by atoms with van der Waals surface area (Å²) in [6, 6.07) is 0. The Morgan fingerprint density at radius 1 is 0.708 bits per heavy atom. The standard InChI is InChI=1S/C20H38Cl2O2/c1-2-3-4-5-6-7-8-9-10-11-12-13-15-18(21)19(22)16-14-17-20(23)24/h18-19H,2-17H2,1H3,(H,23,24). The first-order chi connectivity index (χ1) is 11.6. The predicted molar refractivity (Wildman–Crippen MR) is 106 cm³/mol. The van der Waals surface area contributed by atoms with Gasteiger partial charge in [-0.3, -0.25) is 4.79 Å². The first kappa shape index (κ1) is 24.1. The number of hydrogen-bond acceptors (Lipinski definition) is 1. The van der Waals surface area contributed by atoms with Crippen molar-refractivity contribution in [2.75, 3.05) is 0 Å². The van der Waals surface area contributed by atoms with Crippen molar-refractivity contribution in [2.45, 2.75) is 120 Å². The second-order valence-electron chi connectivity index (χ2n) is 7.00. The minimum absolute atomic E-state index is 0.0245. The summed E-state index contributed by atoms with van der Waals surface area (Å²) in [6.07, 6.45) is 18.6. The molecular formula is C20H38Cl2O2. The molecule has 0 fully saturated rings. The van der Waals surface area contributed by atoms with Gasteiger partial charge in [-0.05, 0) is 19.3 Å². The summed E-state index contributed by atoms with van der Waals surface area (Å²) in [7, 11) is 0. The van der Waals surface area contributed by atoms with Gasteiger partial charge in [-0.25, -0.2) is 0 Å². The summed E-state index contributed by atoms with van der Waals surface area (Å²) < 4.78 is 0. The van der Waals surface area contributed by atoms with Gasteiger partial charge in [-0.1, -0.05) is 84.0 Å². The molecule has 0 aromatic rings. The molecule has 2 unspecified atom stereocenters. The molecular weight excluding hydrogens is 343 g/mol. The van der Waals surface area contributed by atoms with Crippen LogP contribution in [0.25, 0.3) is 0 Å². The van der Waals surface area contributed by atoms with Crippen LogP contribution in [-0.4, -0.2) is 21.8 Å². The van der Waals surface area contributed by atoms with Gasteiger partial charge in [0.1, 0.15) is 0 Å². The SMILES string of the molecule is CCCCCCCCCCCCCCC(Cl)C(Cl)CCCC(=O)O. The van der Waals surface area contributed by atoms with Crippen molar-refractivity contribution >= 4 is 29.2 Å². The number of halogens is 2. The second kappa shape index (κ2) is 17.9. The highest BCUT2D eigenvalue weighted by molar-refractivity contribution is 6.29. The number of unbranched alkanes of at least 4 members (excludes halogenated alkanes) is 11. The van der Waals surface area contributed by atoms with Crippen LogP contribution in [0.3, 0.4) is 0 Å². The van der Waals surface area contributed by atoms with Gasteiger partial charge in [-0.2, -0.15) is 0 Å². The van der Waals surface area contributed by atoms with Crippen LogP contribution in [0, 0.1) is 0 Å². The molecule has 1 N–H and O–H groups in total. The zero-order chi connectivity index (χ0) is 18.0. The fraction of sp³-hybridized carbons (Fsp3) is 0.950. The van der Waals surface area contributed by atoms with E-state index in [1.54, 1.807) is 0 Å². The Hall–Kier alpha value is 0.0500. The van der Waals surface area contributed by atoms with E-state index in [0.717, 1.165) is 12.8 Å². The van der Waals surface area contributed by atoms with E-state index in [1.807, 2.05) is 0 Å². The van der Waals surface area contributed by atoms with Gasteiger partial charge in [0.25, 0.3) is 0 Å². The zero-order valence-electron chi connectivity index (χ0n) is 15.6. The normalized spacial score (nSPS) is 13.8. The van der Waals surface area contributed by atoms with Gasteiger partial charge < -0.3 is 5.11 Å². The number of carbonyl (C=O) groups is 1. The van der Waals surface area contributed by atoms with Crippen molar-refractivity contribution in [1.82, 2.24) is 0 Å². The van der Waals surface area contributed by atoms with Crippen LogP contribution >= 0.6 is 23.2 Å². The fourth-order valence-corrected chi connectivity index (χ4v) is 3.55. The molecule has 0 saturated carbocycles. The summed E-state index contributed by atoms with van der Waals surface area (Å²) in [6.45, 7) is 2.26. The summed E-state index contributed by atoms with van der Waals surface area (Å²) in [5, 5.41) is 8.49. The highest BCUT2D eigenvalue weighted by Crippen LogP contribution is 2.22. The average molecular weight is 381 g/mol. The van der Waals surface area contributed by atoms with Gasteiger partial charge in [0.05, 0.1) is 0 Å². The highest BCUT2D eigenvalue weighted by atomic mass is 35.5. The smallest absolute Gasteiger partial charge is 0.303 e. The van der Waals surface area contributed by atoms with E-state index < -0.39 is 5.97 Å². The third-order valence-corrected chi connectivity index (χ3v) is 5.77. The molecule has 2 nitrogen and oxygen atoms in total. The van der Waals surface area contributed by atoms with Crippen LogP contribution in [0.4, 0.5) is 0 Å². The molecule has 0 bridgehead atoms. The Morgan fingerprint density at radius 3 is 1.50 bits per heavy atom. The maximum Gasteiger partial charge on any atom is 0.303 e. The molecule has 0 aliphatic rings. The Morgan fingerprint density at radius 2 is 1.08 bits per heavy atom. The van der Waals surface area contributed by atoms with E-state index in [2.05, 4.69) is 6.92 Å². The summed E-state index contributed by atoms with van der Waals surface area (Å²) >= 11 is 12.5. The average Bonchev–Trinajstić information content (AvgIpc) is 2.55. The maximum atomic E-state index is 10.5. The van der Waals surface area contributed by atoms with Gasteiger partial charge in [0, 0.05) is 17.2 Å². The molecule has 144 valence electrons. The number of carboxylic acids is 1. The molecule has 2 atom stereocenters. The number of hydrogen-bond donors (Lipinski definition) is 1. The lowest BCUT2D eigenvalue weighted by molar-refractivity contribution is -0.137. The summed E-state index contributed by atoms with van der Waals surface area (Å²) in [5.41, 5.74) is 0. The molecule has 24 heavy (non-hydrogen) atoms. The molecule has 0 radical (unpaired) electrons. The molecule has 0 aliphatic heterocycles. The molecule has 0 saturated heterocycles. The molecule has 0 spiro atoms. The van der Waals surface area contributed by atoms with Crippen molar-refractivity contribution in [3.05, 3.63) is 0 Å². The molecule has 0 rings (SSSR count). The van der Waals surface area contributed by atoms with Crippen molar-refractivity contribution in [3.8, 4) is 0 Å². The van der Waals surface area contributed by atoms with E-state index in [0.29, 0.717) is 12.8 Å². The predicted octanol–water partition coefficient (Wildman–Crippen LogP) is 7.55. The van der Waals surface area contributed by atoms with E-state index in [9.17, 15) is 4.79 Å². The van der Waals surface area contributed by atoms with Gasteiger partial charge in [-0.15, -0.1) is 23.2 Å². The van der Waals surface area contributed by atoms with Crippen LogP contribution in [0.1, 0.15) is 110 Å². The van der Waals surface area contributed by atoms with Crippen molar-refractivity contribution in [2.24, 2.45) is 0 Å². The first-order valence-electron chi connectivity index (χ1n) is 10.1. The van der Waals surface area contributed by atoms with Crippen LogP contribution in [0.2, 0.25) is 0 Å². The fourth-order valence-electron chi connectivity index (χ4n) is 2.99. The van der Waals surface area contributed by atoms with Crippen molar-refractivity contribution in [3.63, 3.8) is 0 Å². The lowest BCUT2D eigenvalue weighted by Gasteiger charge is -2.15. The molecule has 0 aromatic carbocycles. The van der Waals surface area contributed by atoms with E-state index in [-0.39, 0.29) is 17.2 Å². The molecule has 0 heterocycles. The summed E-state index contributed by atoms with van der Waals surface area (Å²) in [5.74, 6) is -0.758. The molecule has 0 amide bonds. The minimum Gasteiger partial charge on any atom is -0.481 e. The van der Waals surface area contributed by atoms with E-state index in [1.165, 1.54) is 70.6 Å². The van der Waals surface area contributed by atoms with Crippen molar-refractivity contribution < 1.29 is 9.90 Å². The quantitative estimate of drug-likeness (QED) is 0.197. The highest BCUT2D eigenvalue weighted by Gasteiger charge is 2.16. The topological polar surface area (TPSA) is 37.3 Å². The maximum absolute atomic E-state index is 10.5. The van der Waals surface area contributed by atoms with E-state index >= 15 is 0 Å². The van der Waals surface area contributed by atoms with Crippen LogP contribution in [0.5, 0.6) is 0 Å². The number of carboxylic acid groups (broad SMARTS) is 1. The lowest BCUT2D eigenvalue weighted by Crippen LogP contribution is -2.15. The molecule has 4 heteroatoms. The first-order valence-corrected chi connectivity index (χ1v) is 10.9. The monoisotopic (exact) mass is 380 g/mol. The summed E-state index contributed by atoms with van der Waals surface area (Å²) in [4.78, 5) is 10.5. The second-order valence-corrected chi connectivity index (χ2v) is 8.12. The Labute approximate surface area is 159 Å². The molecule has 0 aliphatic carbocycles. The Bertz CT molecular complexity index is 285. The number of rotatable bonds is 18. The van der Waals surface area contributed by atoms with E-state index in [4.69, 9.17) is 28.3 Å². The molecule has 0 aromatic heterocycles. The Balaban J connectivity index is 3.29. The largest absolute Gasteiger partial charge is 0.481 e. The zero-order valence-corrected chi connectivity index (χ0v) is 17.1. The van der Waals surface area contributed by atoms with Crippen molar-refractivity contribution in [1.29, 1.82) is 0 Å². The lowest BCUT2D eigenvalue weighted by atomic mass is 10.0. The van der Waals surface area contributed by atoms with Gasteiger partial charge in [0.2, 0.25) is 0 Å². The van der Waals surface area contributed by atoms with Crippen LogP contribution in [0.15, 0.2) is 0 Å². The minimum atomic E-state index is -0.758. The van der Waals surface area contributed by atoms with Gasteiger partial charge in [0.15, 0.2) is 0 Å². The van der Waals surface area contributed by atoms with Crippen LogP contribution < -0.4 is 0 Å². The van der Waals surface area contributed by atoms with Gasteiger partial charge >= 0.3 is 5.97 Å². The third-order valence-electron chi connectivity index (χ3n) is 4.60. The third kappa shape index (κ3) is 16.9.